The summed E-state index contributed by atoms with van der Waals surface area (Å²) in [6.07, 6.45) is 0.957. The molecule has 0 saturated carbocycles. The van der Waals surface area contributed by atoms with E-state index < -0.39 is 30.5 Å². The van der Waals surface area contributed by atoms with Crippen LogP contribution < -0.4 is 16.4 Å². The maximum Gasteiger partial charge on any atom is 0.315 e. The Morgan fingerprint density at radius 3 is 2.97 bits per heavy atom. The fourth-order valence-electron chi connectivity index (χ4n) is 4.66. The number of esters is 1. The van der Waals surface area contributed by atoms with Crippen molar-refractivity contribution < 1.29 is 29.3 Å². The van der Waals surface area contributed by atoms with Crippen LogP contribution in [0.5, 0.6) is 0 Å². The van der Waals surface area contributed by atoms with Crippen LogP contribution in [0.2, 0.25) is 0 Å². The fraction of sp³-hybridized carbons (Fsp3) is 0.650. The summed E-state index contributed by atoms with van der Waals surface area (Å²) in [7, 11) is 0. The first-order chi connectivity index (χ1) is 16.4. The maximum absolute atomic E-state index is 12.2. The van der Waals surface area contributed by atoms with E-state index >= 15 is 0 Å². The molecule has 1 unspecified atom stereocenters. The molecule has 34 heavy (non-hydrogen) atoms. The minimum Gasteiger partial charge on any atom is -0.463 e. The lowest BCUT2D eigenvalue weighted by Crippen LogP contribution is -2.36. The highest BCUT2D eigenvalue weighted by atomic mass is 32.2. The summed E-state index contributed by atoms with van der Waals surface area (Å²) in [6, 6.07) is 0.237. The van der Waals surface area contributed by atoms with Crippen molar-refractivity contribution >= 4 is 40.7 Å². The van der Waals surface area contributed by atoms with Gasteiger partial charge in [-0.3, -0.25) is 9.36 Å². The highest BCUT2D eigenvalue weighted by molar-refractivity contribution is 8.00. The van der Waals surface area contributed by atoms with Gasteiger partial charge >= 0.3 is 12.0 Å². The van der Waals surface area contributed by atoms with Crippen molar-refractivity contribution in [1.29, 1.82) is 0 Å². The number of carbonyl (C=O) groups is 2. The van der Waals surface area contributed by atoms with E-state index in [9.17, 15) is 19.8 Å². The highest BCUT2D eigenvalue weighted by Gasteiger charge is 2.45. The molecule has 13 nitrogen and oxygen atoms in total. The second kappa shape index (κ2) is 9.52. The van der Waals surface area contributed by atoms with Crippen molar-refractivity contribution in [2.24, 2.45) is 0 Å². The van der Waals surface area contributed by atoms with Crippen LogP contribution in [-0.2, 0) is 14.3 Å². The lowest BCUT2D eigenvalue weighted by molar-refractivity contribution is -0.150. The van der Waals surface area contributed by atoms with Crippen LogP contribution in [0.25, 0.3) is 11.2 Å². The summed E-state index contributed by atoms with van der Waals surface area (Å²) in [6.45, 7) is -0.183. The summed E-state index contributed by atoms with van der Waals surface area (Å²) in [5.74, 6) is 0.704. The molecule has 184 valence electrons. The number of carbonyl (C=O) groups excluding carboxylic acids is 2. The minimum absolute atomic E-state index is 0.105. The Bertz CT molecular complexity index is 1070. The third-order valence-corrected chi connectivity index (χ3v) is 7.97. The molecule has 6 N–H and O–H groups in total. The first-order valence-electron chi connectivity index (χ1n) is 11.2. The molecule has 3 fully saturated rings. The first-order valence-corrected chi connectivity index (χ1v) is 12.3. The molecule has 0 radical (unpaired) electrons. The Labute approximate surface area is 198 Å². The first kappa shape index (κ1) is 23.1. The van der Waals surface area contributed by atoms with E-state index in [0.717, 1.165) is 18.6 Å². The maximum atomic E-state index is 12.2. The number of imidazole rings is 1. The number of nitrogens with two attached hydrogens (primary N) is 1. The largest absolute Gasteiger partial charge is 0.463 e. The Balaban J connectivity index is 1.07. The molecule has 2 aromatic rings. The van der Waals surface area contributed by atoms with Gasteiger partial charge in [0.15, 0.2) is 17.7 Å². The van der Waals surface area contributed by atoms with Gasteiger partial charge in [0.1, 0.15) is 36.8 Å². The molecule has 3 aliphatic heterocycles. The van der Waals surface area contributed by atoms with Crippen LogP contribution in [0.4, 0.5) is 10.6 Å². The van der Waals surface area contributed by atoms with Gasteiger partial charge in [0.05, 0.1) is 18.4 Å². The number of unbranched alkanes of at least 4 members (excludes halogenated alkanes) is 1. The van der Waals surface area contributed by atoms with Gasteiger partial charge in [-0.15, -0.1) is 0 Å². The lowest BCUT2D eigenvalue weighted by atomic mass is 10.0. The summed E-state index contributed by atoms with van der Waals surface area (Å²) in [5, 5.41) is 27.1. The minimum atomic E-state index is -1.27. The molecule has 14 heteroatoms. The number of nitrogens with zero attached hydrogens (tertiary/aromatic N) is 4. The topological polar surface area (TPSA) is 187 Å². The number of rotatable bonds is 8. The van der Waals surface area contributed by atoms with Crippen molar-refractivity contribution in [3.05, 3.63) is 12.7 Å². The summed E-state index contributed by atoms with van der Waals surface area (Å²) in [5.41, 5.74) is 6.52. The second-order valence-corrected chi connectivity index (χ2v) is 9.95. The Morgan fingerprint density at radius 2 is 2.12 bits per heavy atom. The molecule has 2 amide bonds. The fourth-order valence-corrected chi connectivity index (χ4v) is 6.20. The van der Waals surface area contributed by atoms with E-state index in [2.05, 4.69) is 25.6 Å². The number of urea groups is 1. The van der Waals surface area contributed by atoms with E-state index in [1.165, 1.54) is 17.2 Å². The molecule has 0 aliphatic carbocycles. The van der Waals surface area contributed by atoms with Crippen molar-refractivity contribution in [3.63, 3.8) is 0 Å². The molecule has 0 spiro atoms. The normalized spacial score (nSPS) is 32.5. The SMILES string of the molecule is Nc1ncnc2c1ncn2[C@@H]1O[C@H](COC(=O)CCCC[C@@H]2SC[C@@H]3NC(=O)N[C@@H]32)C(O)[C@@H]1O. The molecule has 3 saturated heterocycles. The second-order valence-electron chi connectivity index (χ2n) is 8.68. The molecule has 3 aliphatic rings. The van der Waals surface area contributed by atoms with Crippen molar-refractivity contribution in [2.75, 3.05) is 18.1 Å². The van der Waals surface area contributed by atoms with Gasteiger partial charge < -0.3 is 36.1 Å². The number of nitrogen functional groups attached to an aromatic ring is 1. The Kier molecular flexibility index (Phi) is 6.46. The van der Waals surface area contributed by atoms with E-state index in [1.807, 2.05) is 11.8 Å². The molecule has 0 bridgehead atoms. The zero-order valence-corrected chi connectivity index (χ0v) is 19.1. The molecule has 0 aromatic carbocycles. The van der Waals surface area contributed by atoms with Crippen molar-refractivity contribution in [3.8, 4) is 0 Å². The number of ether oxygens (including phenoxy) is 2. The van der Waals surface area contributed by atoms with Gasteiger partial charge in [0.2, 0.25) is 0 Å². The average Bonchev–Trinajstić information content (AvgIpc) is 3.56. The van der Waals surface area contributed by atoms with Crippen LogP contribution >= 0.6 is 11.8 Å². The molecule has 2 aromatic heterocycles. The smallest absolute Gasteiger partial charge is 0.315 e. The lowest BCUT2D eigenvalue weighted by Gasteiger charge is -2.17. The van der Waals surface area contributed by atoms with E-state index in [1.54, 1.807) is 0 Å². The van der Waals surface area contributed by atoms with Gasteiger partial charge in [-0.2, -0.15) is 11.8 Å². The molecule has 5 heterocycles. The van der Waals surface area contributed by atoms with Crippen molar-refractivity contribution in [2.45, 2.75) is 67.6 Å². The average molecular weight is 494 g/mol. The van der Waals surface area contributed by atoms with Crippen LogP contribution in [0, 0.1) is 0 Å². The number of aliphatic hydroxyl groups is 2. The number of thioether (sulfide) groups is 1. The standard InChI is InChI=1S/C20H27N7O6S/c21-17-14-18(23-7-22-17)27(8-24-14)19-16(30)15(29)10(33-19)5-32-12(28)4-2-1-3-11-13-9(6-34-11)25-20(31)26-13/h7-11,13,15-16,19,29-30H,1-6H2,(H2,21,22,23)(H2,25,26,31)/t9-,10+,11-,13-,15?,16-,19+/m0/s1. The highest BCUT2D eigenvalue weighted by Crippen LogP contribution is 2.34. The van der Waals surface area contributed by atoms with Gasteiger partial charge in [-0.05, 0) is 12.8 Å². The molecular weight excluding hydrogens is 466 g/mol. The summed E-state index contributed by atoms with van der Waals surface area (Å²) in [4.78, 5) is 35.8. The summed E-state index contributed by atoms with van der Waals surface area (Å²) >= 11 is 1.84. The van der Waals surface area contributed by atoms with Gasteiger partial charge in [0.25, 0.3) is 0 Å². The number of fused-ring (bicyclic) bond motifs is 2. The molecular formula is C20H27N7O6S. The van der Waals surface area contributed by atoms with Crippen LogP contribution in [0.15, 0.2) is 12.7 Å². The predicted molar refractivity (Wildman–Crippen MR) is 121 cm³/mol. The number of hydrogen-bond acceptors (Lipinski definition) is 11. The number of amides is 2. The third-order valence-electron chi connectivity index (χ3n) is 6.46. The Morgan fingerprint density at radius 1 is 1.26 bits per heavy atom. The number of aliphatic hydroxyl groups excluding tert-OH is 2. The number of nitrogens with one attached hydrogen (secondary N) is 2. The van der Waals surface area contributed by atoms with Crippen LogP contribution in [-0.4, -0.2) is 89.7 Å². The number of hydrogen-bond donors (Lipinski definition) is 5. The quantitative estimate of drug-likeness (QED) is 0.178. The number of aromatic nitrogens is 4. The predicted octanol–water partition coefficient (Wildman–Crippen LogP) is -0.703. The van der Waals surface area contributed by atoms with Gasteiger partial charge in [0, 0.05) is 17.4 Å². The van der Waals surface area contributed by atoms with E-state index in [-0.39, 0.29) is 37.0 Å². The van der Waals surface area contributed by atoms with Crippen LogP contribution in [0.1, 0.15) is 31.9 Å². The van der Waals surface area contributed by atoms with Crippen LogP contribution in [0.3, 0.4) is 0 Å². The third kappa shape index (κ3) is 4.37. The molecule has 5 rings (SSSR count). The van der Waals surface area contributed by atoms with Gasteiger partial charge in [-0.25, -0.2) is 19.7 Å². The summed E-state index contributed by atoms with van der Waals surface area (Å²) < 4.78 is 12.5. The molecule has 7 atom stereocenters. The zero-order valence-electron chi connectivity index (χ0n) is 18.2. The van der Waals surface area contributed by atoms with Crippen molar-refractivity contribution in [1.82, 2.24) is 30.2 Å². The monoisotopic (exact) mass is 493 g/mol. The number of anilines is 1. The van der Waals surface area contributed by atoms with E-state index in [4.69, 9.17) is 15.2 Å². The van der Waals surface area contributed by atoms with E-state index in [0.29, 0.717) is 22.8 Å². The zero-order chi connectivity index (χ0) is 23.8. The Hall–Kier alpha value is -2.68. The van der Waals surface area contributed by atoms with Gasteiger partial charge in [-0.1, -0.05) is 6.42 Å².